The summed E-state index contributed by atoms with van der Waals surface area (Å²) in [5.74, 6) is 0.940. The molecule has 3 rings (SSSR count). The van der Waals surface area contributed by atoms with Crippen LogP contribution in [0.2, 0.25) is 5.02 Å². The zero-order valence-corrected chi connectivity index (χ0v) is 13.6. The monoisotopic (exact) mass is 309 g/mol. The molecule has 0 spiro atoms. The van der Waals surface area contributed by atoms with E-state index in [-0.39, 0.29) is 5.54 Å². The molecule has 2 aliphatic rings. The average molecular weight is 310 g/mol. The normalized spacial score (nSPS) is 20.4. The van der Waals surface area contributed by atoms with Crippen molar-refractivity contribution >= 4 is 11.6 Å². The van der Waals surface area contributed by atoms with Gasteiger partial charge in [0.25, 0.3) is 0 Å². The minimum atomic E-state index is -0.428. The fourth-order valence-electron chi connectivity index (χ4n) is 3.46. The second-order valence-corrected chi connectivity index (χ2v) is 7.16. The summed E-state index contributed by atoms with van der Waals surface area (Å²) in [4.78, 5) is 2.39. The van der Waals surface area contributed by atoms with Gasteiger partial charge in [-0.3, -0.25) is 4.90 Å². The van der Waals surface area contributed by atoms with Crippen molar-refractivity contribution in [2.45, 2.75) is 51.2 Å². The topological polar surface area (TPSA) is 32.7 Å². The molecular weight excluding hydrogens is 286 g/mol. The number of aliphatic hydroxyl groups excluding tert-OH is 1. The lowest BCUT2D eigenvalue weighted by Crippen LogP contribution is -2.51. The molecule has 2 aliphatic heterocycles. The van der Waals surface area contributed by atoms with Crippen LogP contribution in [0.5, 0.6) is 5.75 Å². The van der Waals surface area contributed by atoms with E-state index in [9.17, 15) is 5.11 Å². The first-order valence-electron chi connectivity index (χ1n) is 7.85. The number of hydrogen-bond donors (Lipinski definition) is 1. The molecule has 0 aromatic heterocycles. The molecule has 116 valence electrons. The Bertz CT molecular complexity index is 524. The van der Waals surface area contributed by atoms with Gasteiger partial charge in [-0.1, -0.05) is 11.6 Å². The zero-order valence-electron chi connectivity index (χ0n) is 12.9. The molecule has 1 aromatic rings. The highest BCUT2D eigenvalue weighted by atomic mass is 35.5. The van der Waals surface area contributed by atoms with Crippen LogP contribution in [0.4, 0.5) is 0 Å². The van der Waals surface area contributed by atoms with Crippen molar-refractivity contribution < 1.29 is 9.84 Å². The molecule has 1 saturated heterocycles. The van der Waals surface area contributed by atoms with Crippen LogP contribution >= 0.6 is 11.6 Å². The first kappa shape index (κ1) is 15.1. The van der Waals surface area contributed by atoms with E-state index in [0.29, 0.717) is 13.0 Å². The Labute approximate surface area is 131 Å². The summed E-state index contributed by atoms with van der Waals surface area (Å²) in [6.07, 6.45) is 3.53. The molecule has 1 fully saturated rings. The maximum atomic E-state index is 10.8. The Balaban J connectivity index is 1.80. The van der Waals surface area contributed by atoms with Gasteiger partial charge in [0.15, 0.2) is 0 Å². The van der Waals surface area contributed by atoms with Gasteiger partial charge in [-0.05, 0) is 63.0 Å². The van der Waals surface area contributed by atoms with Crippen molar-refractivity contribution in [3.63, 3.8) is 0 Å². The van der Waals surface area contributed by atoms with Crippen molar-refractivity contribution in [1.29, 1.82) is 0 Å². The summed E-state index contributed by atoms with van der Waals surface area (Å²) in [6, 6.07) is 3.92. The van der Waals surface area contributed by atoms with Crippen LogP contribution in [-0.4, -0.2) is 41.3 Å². The van der Waals surface area contributed by atoms with Crippen molar-refractivity contribution in [3.05, 3.63) is 28.3 Å². The van der Waals surface area contributed by atoms with E-state index >= 15 is 0 Å². The van der Waals surface area contributed by atoms with E-state index in [4.69, 9.17) is 16.3 Å². The minimum Gasteiger partial charge on any atom is -0.493 e. The molecule has 1 aromatic carbocycles. The molecule has 1 unspecified atom stereocenters. The van der Waals surface area contributed by atoms with Gasteiger partial charge in [-0.15, -0.1) is 0 Å². The summed E-state index contributed by atoms with van der Waals surface area (Å²) in [5, 5.41) is 11.5. The molecule has 0 bridgehead atoms. The van der Waals surface area contributed by atoms with E-state index in [1.54, 1.807) is 0 Å². The largest absolute Gasteiger partial charge is 0.493 e. The number of halogens is 1. The summed E-state index contributed by atoms with van der Waals surface area (Å²) in [5.41, 5.74) is 1.99. The molecular formula is C17H24ClNO2. The van der Waals surface area contributed by atoms with Crippen LogP contribution in [0.25, 0.3) is 0 Å². The number of nitrogens with zero attached hydrogens (tertiary/aromatic N) is 1. The Morgan fingerprint density at radius 3 is 2.76 bits per heavy atom. The lowest BCUT2D eigenvalue weighted by molar-refractivity contribution is 0.00310. The zero-order chi connectivity index (χ0) is 15.0. The number of ether oxygens (including phenoxy) is 1. The summed E-state index contributed by atoms with van der Waals surface area (Å²) in [6.45, 7) is 7.14. The third kappa shape index (κ3) is 2.92. The highest BCUT2D eigenvalue weighted by molar-refractivity contribution is 6.30. The number of benzene rings is 1. The molecule has 3 nitrogen and oxygen atoms in total. The maximum Gasteiger partial charge on any atom is 0.126 e. The van der Waals surface area contributed by atoms with E-state index in [0.717, 1.165) is 35.8 Å². The van der Waals surface area contributed by atoms with Crippen LogP contribution < -0.4 is 4.74 Å². The highest BCUT2D eigenvalue weighted by Gasteiger charge is 2.36. The van der Waals surface area contributed by atoms with Crippen LogP contribution in [-0.2, 0) is 12.8 Å². The molecule has 21 heavy (non-hydrogen) atoms. The van der Waals surface area contributed by atoms with Gasteiger partial charge in [0.1, 0.15) is 5.75 Å². The first-order chi connectivity index (χ1) is 9.98. The molecule has 4 heteroatoms. The smallest absolute Gasteiger partial charge is 0.126 e. The SMILES string of the molecule is CC(C)(C(O)Cc1cc(Cl)cc2c1OCC2)N1CCCC1. The standard InChI is InChI=1S/C17H24ClNO2/c1-17(2,19-6-3-4-7-19)15(20)11-13-10-14(18)9-12-5-8-21-16(12)13/h9-10,15,20H,3-8,11H2,1-2H3. The quantitative estimate of drug-likeness (QED) is 0.928. The summed E-state index contributed by atoms with van der Waals surface area (Å²) >= 11 is 6.21. The van der Waals surface area contributed by atoms with E-state index in [1.807, 2.05) is 12.1 Å². The van der Waals surface area contributed by atoms with E-state index < -0.39 is 6.10 Å². The van der Waals surface area contributed by atoms with Gasteiger partial charge in [0, 0.05) is 23.4 Å². The number of hydrogen-bond acceptors (Lipinski definition) is 3. The lowest BCUT2D eigenvalue weighted by Gasteiger charge is -2.39. The Morgan fingerprint density at radius 1 is 1.33 bits per heavy atom. The number of fused-ring (bicyclic) bond motifs is 1. The Morgan fingerprint density at radius 2 is 2.05 bits per heavy atom. The Kier molecular flexibility index (Phi) is 4.17. The molecule has 1 atom stereocenters. The molecule has 0 saturated carbocycles. The van der Waals surface area contributed by atoms with E-state index in [1.165, 1.54) is 18.4 Å². The van der Waals surface area contributed by atoms with Crippen molar-refractivity contribution in [3.8, 4) is 5.75 Å². The second kappa shape index (κ2) is 5.79. The minimum absolute atomic E-state index is 0.218. The first-order valence-corrected chi connectivity index (χ1v) is 8.23. The predicted molar refractivity (Wildman–Crippen MR) is 85.2 cm³/mol. The Hall–Kier alpha value is -0.770. The lowest BCUT2D eigenvalue weighted by atomic mass is 9.89. The van der Waals surface area contributed by atoms with Crippen LogP contribution in [0, 0.1) is 0 Å². The van der Waals surface area contributed by atoms with Crippen molar-refractivity contribution in [2.24, 2.45) is 0 Å². The predicted octanol–water partition coefficient (Wildman–Crippen LogP) is 3.05. The molecule has 1 N–H and O–H groups in total. The van der Waals surface area contributed by atoms with Crippen LogP contribution in [0.15, 0.2) is 12.1 Å². The molecule has 2 heterocycles. The third-order valence-corrected chi connectivity index (χ3v) is 5.19. The van der Waals surface area contributed by atoms with Crippen molar-refractivity contribution in [2.75, 3.05) is 19.7 Å². The molecule has 0 aliphatic carbocycles. The average Bonchev–Trinajstić information content (AvgIpc) is 3.09. The highest BCUT2D eigenvalue weighted by Crippen LogP contribution is 2.35. The van der Waals surface area contributed by atoms with Gasteiger partial charge >= 0.3 is 0 Å². The maximum absolute atomic E-state index is 10.8. The third-order valence-electron chi connectivity index (χ3n) is 4.98. The van der Waals surface area contributed by atoms with E-state index in [2.05, 4.69) is 18.7 Å². The fraction of sp³-hybridized carbons (Fsp3) is 0.647. The number of aliphatic hydroxyl groups is 1. The number of rotatable bonds is 4. The summed E-state index contributed by atoms with van der Waals surface area (Å²) < 4.78 is 5.74. The van der Waals surface area contributed by atoms with Gasteiger partial charge in [0.05, 0.1) is 12.7 Å². The second-order valence-electron chi connectivity index (χ2n) is 6.72. The molecule has 0 radical (unpaired) electrons. The van der Waals surface area contributed by atoms with Gasteiger partial charge in [0.2, 0.25) is 0 Å². The fourth-order valence-corrected chi connectivity index (χ4v) is 3.72. The summed E-state index contributed by atoms with van der Waals surface area (Å²) in [7, 11) is 0. The number of likely N-dealkylation sites (tertiary alicyclic amines) is 1. The van der Waals surface area contributed by atoms with Crippen LogP contribution in [0.3, 0.4) is 0 Å². The van der Waals surface area contributed by atoms with Crippen molar-refractivity contribution in [1.82, 2.24) is 4.90 Å². The van der Waals surface area contributed by atoms with Gasteiger partial charge in [-0.25, -0.2) is 0 Å². The van der Waals surface area contributed by atoms with Gasteiger partial charge in [-0.2, -0.15) is 0 Å². The van der Waals surface area contributed by atoms with Crippen LogP contribution in [0.1, 0.15) is 37.8 Å². The van der Waals surface area contributed by atoms with Gasteiger partial charge < -0.3 is 9.84 Å². The molecule has 0 amide bonds.